The molecule has 1 aromatic rings. The molecule has 2 heterocycles. The van der Waals surface area contributed by atoms with E-state index in [-0.39, 0.29) is 24.8 Å². The topological polar surface area (TPSA) is 24.9 Å². The Morgan fingerprint density at radius 2 is 2.08 bits per heavy atom. The van der Waals surface area contributed by atoms with Gasteiger partial charge in [0.2, 0.25) is 0 Å². The van der Waals surface area contributed by atoms with Crippen molar-refractivity contribution >= 4 is 24.8 Å². The van der Waals surface area contributed by atoms with Crippen molar-refractivity contribution in [3.05, 3.63) is 29.6 Å². The number of aromatic nitrogens is 1. The predicted molar refractivity (Wildman–Crippen MR) is 59.1 cm³/mol. The first-order valence-corrected chi connectivity index (χ1v) is 3.99. The summed E-state index contributed by atoms with van der Waals surface area (Å²) < 4.78 is 0. The molecule has 13 heavy (non-hydrogen) atoms. The van der Waals surface area contributed by atoms with E-state index < -0.39 is 0 Å². The second-order valence-corrected chi connectivity index (χ2v) is 3.11. The highest BCUT2D eigenvalue weighted by atomic mass is 35.5. The van der Waals surface area contributed by atoms with E-state index >= 15 is 0 Å². The van der Waals surface area contributed by atoms with Crippen LogP contribution in [0.3, 0.4) is 0 Å². The molecule has 0 aliphatic carbocycles. The lowest BCUT2D eigenvalue weighted by Gasteiger charge is -2.26. The first kappa shape index (κ1) is 12.7. The van der Waals surface area contributed by atoms with Gasteiger partial charge in [-0.05, 0) is 24.6 Å². The molecular weight excluding hydrogens is 207 g/mol. The standard InChI is InChI=1S/C9H12N2.2ClH/c1-7-2-3-11-9(4-7)8-5-10-6-8;;/h2-4,8,10H,5-6H2,1H3;2*1H. The Labute approximate surface area is 91.0 Å². The number of halogens is 2. The highest BCUT2D eigenvalue weighted by Gasteiger charge is 2.19. The lowest BCUT2D eigenvalue weighted by Crippen LogP contribution is -2.40. The molecule has 0 unspecified atom stereocenters. The molecule has 0 bridgehead atoms. The first-order chi connectivity index (χ1) is 5.36. The van der Waals surface area contributed by atoms with E-state index in [1.54, 1.807) is 0 Å². The van der Waals surface area contributed by atoms with Gasteiger partial charge >= 0.3 is 0 Å². The molecule has 1 fully saturated rings. The molecule has 1 aliphatic rings. The van der Waals surface area contributed by atoms with E-state index in [1.807, 2.05) is 12.3 Å². The van der Waals surface area contributed by atoms with Crippen molar-refractivity contribution in [2.75, 3.05) is 13.1 Å². The molecule has 0 aromatic carbocycles. The molecule has 0 atom stereocenters. The Hall–Kier alpha value is -0.310. The summed E-state index contributed by atoms with van der Waals surface area (Å²) in [5.74, 6) is 0.662. The zero-order chi connectivity index (χ0) is 7.68. The van der Waals surface area contributed by atoms with E-state index in [2.05, 4.69) is 23.3 Å². The average molecular weight is 221 g/mol. The molecule has 1 N–H and O–H groups in total. The van der Waals surface area contributed by atoms with Crippen LogP contribution in [0.25, 0.3) is 0 Å². The minimum atomic E-state index is 0. The third-order valence-electron chi connectivity index (χ3n) is 2.14. The fraction of sp³-hybridized carbons (Fsp3) is 0.444. The van der Waals surface area contributed by atoms with Crippen LogP contribution in [0.1, 0.15) is 17.2 Å². The number of rotatable bonds is 1. The molecule has 0 saturated carbocycles. The second-order valence-electron chi connectivity index (χ2n) is 3.11. The normalized spacial score (nSPS) is 15.2. The van der Waals surface area contributed by atoms with Crippen LogP contribution in [-0.4, -0.2) is 18.1 Å². The maximum Gasteiger partial charge on any atom is 0.0462 e. The Kier molecular flexibility index (Phi) is 5.30. The van der Waals surface area contributed by atoms with Crippen molar-refractivity contribution in [1.82, 2.24) is 10.3 Å². The Bertz CT molecular complexity index is 262. The van der Waals surface area contributed by atoms with E-state index in [1.165, 1.54) is 11.3 Å². The number of hydrogen-bond acceptors (Lipinski definition) is 2. The molecule has 0 amide bonds. The Morgan fingerprint density at radius 3 is 2.54 bits per heavy atom. The number of nitrogens with zero attached hydrogens (tertiary/aromatic N) is 1. The van der Waals surface area contributed by atoms with E-state index in [0.717, 1.165) is 13.1 Å². The summed E-state index contributed by atoms with van der Waals surface area (Å²) in [5.41, 5.74) is 2.55. The van der Waals surface area contributed by atoms with Crippen LogP contribution in [0.5, 0.6) is 0 Å². The number of hydrogen-bond donors (Lipinski definition) is 1. The van der Waals surface area contributed by atoms with Crippen molar-refractivity contribution in [2.24, 2.45) is 0 Å². The van der Waals surface area contributed by atoms with Crippen LogP contribution in [0.15, 0.2) is 18.3 Å². The summed E-state index contributed by atoms with van der Waals surface area (Å²) in [4.78, 5) is 4.32. The molecule has 1 aliphatic heterocycles. The van der Waals surface area contributed by atoms with E-state index in [9.17, 15) is 0 Å². The van der Waals surface area contributed by atoms with Gasteiger partial charge in [-0.3, -0.25) is 4.98 Å². The number of pyridine rings is 1. The molecule has 4 heteroatoms. The average Bonchev–Trinajstić information content (AvgIpc) is 1.83. The summed E-state index contributed by atoms with van der Waals surface area (Å²) in [7, 11) is 0. The van der Waals surface area contributed by atoms with Gasteiger partial charge in [0.15, 0.2) is 0 Å². The second kappa shape index (κ2) is 5.43. The van der Waals surface area contributed by atoms with Crippen LogP contribution < -0.4 is 5.32 Å². The van der Waals surface area contributed by atoms with E-state index in [4.69, 9.17) is 0 Å². The van der Waals surface area contributed by atoms with Gasteiger partial charge in [0.25, 0.3) is 0 Å². The molecule has 1 aromatic heterocycles. The van der Waals surface area contributed by atoms with Gasteiger partial charge in [0.05, 0.1) is 0 Å². The zero-order valence-corrected chi connectivity index (χ0v) is 9.12. The predicted octanol–water partition coefficient (Wildman–Crippen LogP) is 1.92. The summed E-state index contributed by atoms with van der Waals surface area (Å²) in [6.45, 7) is 4.30. The highest BCUT2D eigenvalue weighted by Crippen LogP contribution is 2.17. The smallest absolute Gasteiger partial charge is 0.0462 e. The van der Waals surface area contributed by atoms with Gasteiger partial charge in [-0.15, -0.1) is 24.8 Å². The molecular formula is C9H14Cl2N2. The van der Waals surface area contributed by atoms with Gasteiger partial charge < -0.3 is 5.32 Å². The SMILES string of the molecule is Cc1ccnc(C2CNC2)c1.Cl.Cl. The van der Waals surface area contributed by atoms with Crippen molar-refractivity contribution in [3.63, 3.8) is 0 Å². The minimum Gasteiger partial charge on any atom is -0.315 e. The highest BCUT2D eigenvalue weighted by molar-refractivity contribution is 5.85. The molecule has 2 rings (SSSR count). The molecule has 2 nitrogen and oxygen atoms in total. The van der Waals surface area contributed by atoms with E-state index in [0.29, 0.717) is 5.92 Å². The van der Waals surface area contributed by atoms with Crippen molar-refractivity contribution in [3.8, 4) is 0 Å². The molecule has 1 saturated heterocycles. The van der Waals surface area contributed by atoms with Crippen LogP contribution in [-0.2, 0) is 0 Å². The van der Waals surface area contributed by atoms with Gasteiger partial charge in [-0.25, -0.2) is 0 Å². The molecule has 74 valence electrons. The monoisotopic (exact) mass is 220 g/mol. The quantitative estimate of drug-likeness (QED) is 0.783. The first-order valence-electron chi connectivity index (χ1n) is 3.99. The van der Waals surface area contributed by atoms with Crippen molar-refractivity contribution in [1.29, 1.82) is 0 Å². The summed E-state index contributed by atoms with van der Waals surface area (Å²) in [6, 6.07) is 4.21. The van der Waals surface area contributed by atoms with Gasteiger partial charge in [0.1, 0.15) is 0 Å². The summed E-state index contributed by atoms with van der Waals surface area (Å²) >= 11 is 0. The minimum absolute atomic E-state index is 0. The van der Waals surface area contributed by atoms with Crippen LogP contribution >= 0.6 is 24.8 Å². The lowest BCUT2D eigenvalue weighted by atomic mass is 9.98. The summed E-state index contributed by atoms with van der Waals surface area (Å²) in [5, 5.41) is 3.24. The molecule has 0 spiro atoms. The van der Waals surface area contributed by atoms with Crippen molar-refractivity contribution in [2.45, 2.75) is 12.8 Å². The fourth-order valence-electron chi connectivity index (χ4n) is 1.28. The Morgan fingerprint density at radius 1 is 1.38 bits per heavy atom. The maximum atomic E-state index is 4.32. The molecule has 0 radical (unpaired) electrons. The summed E-state index contributed by atoms with van der Waals surface area (Å²) in [6.07, 6.45) is 1.89. The third kappa shape index (κ3) is 2.83. The van der Waals surface area contributed by atoms with Gasteiger partial charge in [-0.2, -0.15) is 0 Å². The largest absolute Gasteiger partial charge is 0.315 e. The number of nitrogens with one attached hydrogen (secondary N) is 1. The Balaban J connectivity index is 0.000000720. The maximum absolute atomic E-state index is 4.32. The third-order valence-corrected chi connectivity index (χ3v) is 2.14. The van der Waals surface area contributed by atoms with Crippen LogP contribution in [0, 0.1) is 6.92 Å². The van der Waals surface area contributed by atoms with Crippen LogP contribution in [0.4, 0.5) is 0 Å². The lowest BCUT2D eigenvalue weighted by molar-refractivity contribution is 0.439. The van der Waals surface area contributed by atoms with Gasteiger partial charge in [-0.1, -0.05) is 0 Å². The van der Waals surface area contributed by atoms with Crippen LogP contribution in [0.2, 0.25) is 0 Å². The fourth-order valence-corrected chi connectivity index (χ4v) is 1.28. The number of aryl methyl sites for hydroxylation is 1. The van der Waals surface area contributed by atoms with Gasteiger partial charge in [0, 0.05) is 30.9 Å². The van der Waals surface area contributed by atoms with Crippen molar-refractivity contribution < 1.29 is 0 Å². The zero-order valence-electron chi connectivity index (χ0n) is 7.49.